The van der Waals surface area contributed by atoms with Crippen molar-refractivity contribution in [2.45, 2.75) is 54.6 Å². The first-order valence-corrected chi connectivity index (χ1v) is 16.8. The fourth-order valence-corrected chi connectivity index (χ4v) is 3.66. The van der Waals surface area contributed by atoms with Gasteiger partial charge in [0, 0.05) is 0 Å². The summed E-state index contributed by atoms with van der Waals surface area (Å²) in [5.41, 5.74) is 9.82. The van der Waals surface area contributed by atoms with E-state index in [0.717, 1.165) is 0 Å². The molecule has 0 amide bonds. The molecule has 1 aliphatic rings. The smallest absolute Gasteiger partial charge is 0.0398 e. The second-order valence-corrected chi connectivity index (χ2v) is 17.8. The number of hydrogen-bond acceptors (Lipinski definition) is 0. The first kappa shape index (κ1) is 24.9. The second-order valence-electron chi connectivity index (χ2n) is 8.45. The average molecular weight is 490 g/mol. The average Bonchev–Trinajstić information content (AvgIpc) is 3.19. The van der Waals surface area contributed by atoms with E-state index in [0.29, 0.717) is 5.92 Å². The standard InChI is InChI=1S/C17H15.C9H13.C2H6Si.Zr/c1-12-7-9-15(13(2)11-12)17-10-8-14-5-3-4-6-16(14)17;1-6-5-7(2)9(4)8(6)3;1-3-2;/h3-11H,1-2H3;6H,1-4H3;1-2H3;/q2*-1;;+2. The molecular formula is C28H34SiZr. The van der Waals surface area contributed by atoms with Gasteiger partial charge in [0.1, 0.15) is 0 Å². The van der Waals surface area contributed by atoms with Crippen molar-refractivity contribution < 1.29 is 23.3 Å². The van der Waals surface area contributed by atoms with Crippen molar-refractivity contribution in [3.05, 3.63) is 88.5 Å². The Bertz CT molecular complexity index is 1090. The van der Waals surface area contributed by atoms with Crippen molar-refractivity contribution in [1.29, 1.82) is 0 Å². The Morgan fingerprint density at radius 2 is 1.57 bits per heavy atom. The van der Waals surface area contributed by atoms with Crippen molar-refractivity contribution in [3.63, 3.8) is 0 Å². The number of benzene rings is 2. The van der Waals surface area contributed by atoms with E-state index < -0.39 is 0 Å². The Labute approximate surface area is 198 Å². The third-order valence-corrected chi connectivity index (χ3v) is 5.59. The molecule has 0 bridgehead atoms. The summed E-state index contributed by atoms with van der Waals surface area (Å²) in [6.07, 6.45) is 3.36. The van der Waals surface area contributed by atoms with Gasteiger partial charge in [-0.1, -0.05) is 67.6 Å². The second kappa shape index (κ2) is 11.3. The molecule has 154 valence electrons. The van der Waals surface area contributed by atoms with Crippen LogP contribution in [0.15, 0.2) is 71.3 Å². The van der Waals surface area contributed by atoms with Gasteiger partial charge in [-0.15, -0.1) is 53.6 Å². The summed E-state index contributed by atoms with van der Waals surface area (Å²) < 4.78 is 0. The third kappa shape index (κ3) is 6.56. The zero-order valence-corrected chi connectivity index (χ0v) is 23.2. The van der Waals surface area contributed by atoms with Crippen molar-refractivity contribution in [1.82, 2.24) is 0 Å². The predicted molar refractivity (Wildman–Crippen MR) is 132 cm³/mol. The summed E-state index contributed by atoms with van der Waals surface area (Å²) in [6, 6.07) is 19.6. The van der Waals surface area contributed by atoms with Crippen LogP contribution in [0.2, 0.25) is 13.1 Å². The van der Waals surface area contributed by atoms with E-state index in [9.17, 15) is 0 Å². The Morgan fingerprint density at radius 3 is 2.07 bits per heavy atom. The van der Waals surface area contributed by atoms with Crippen LogP contribution < -0.4 is 0 Å². The molecule has 3 aromatic rings. The van der Waals surface area contributed by atoms with Crippen LogP contribution in [-0.2, 0) is 23.3 Å². The largest absolute Gasteiger partial charge is 0.150 e. The van der Waals surface area contributed by atoms with E-state index in [1.165, 1.54) is 49.7 Å². The quantitative estimate of drug-likeness (QED) is 0.238. The van der Waals surface area contributed by atoms with Crippen LogP contribution in [0.5, 0.6) is 0 Å². The van der Waals surface area contributed by atoms with Crippen LogP contribution in [-0.4, -0.2) is 5.43 Å². The zero-order valence-electron chi connectivity index (χ0n) is 19.8. The van der Waals surface area contributed by atoms with Gasteiger partial charge in [-0.2, -0.15) is 11.1 Å². The van der Waals surface area contributed by atoms with E-state index in [2.05, 4.69) is 115 Å². The molecule has 3 aromatic carbocycles. The maximum Gasteiger partial charge on any atom is -0.0398 e. The summed E-state index contributed by atoms with van der Waals surface area (Å²) >= 11 is 1.74. The monoisotopic (exact) mass is 488 g/mol. The molecule has 4 rings (SSSR count). The molecule has 1 atom stereocenters. The molecule has 0 saturated heterocycles. The number of hydrogen-bond donors (Lipinski definition) is 0. The summed E-state index contributed by atoms with van der Waals surface area (Å²) in [4.78, 5) is 0. The van der Waals surface area contributed by atoms with E-state index in [-0.39, 0.29) is 5.43 Å². The van der Waals surface area contributed by atoms with Gasteiger partial charge in [-0.25, -0.2) is 5.57 Å². The normalized spacial score (nSPS) is 15.3. The van der Waals surface area contributed by atoms with Crippen LogP contribution in [0, 0.1) is 25.8 Å². The Kier molecular flexibility index (Phi) is 9.38. The van der Waals surface area contributed by atoms with Gasteiger partial charge in [0.2, 0.25) is 0 Å². The van der Waals surface area contributed by atoms with Gasteiger partial charge < -0.3 is 0 Å². The van der Waals surface area contributed by atoms with Crippen molar-refractivity contribution in [3.8, 4) is 11.1 Å². The molecule has 0 heterocycles. The first-order valence-electron chi connectivity index (χ1n) is 10.6. The number of aryl methyl sites for hydroxylation is 2. The molecule has 0 N–H and O–H groups in total. The van der Waals surface area contributed by atoms with E-state index in [4.69, 9.17) is 0 Å². The van der Waals surface area contributed by atoms with Crippen LogP contribution in [0.4, 0.5) is 0 Å². The third-order valence-electron chi connectivity index (χ3n) is 5.59. The minimum absolute atomic E-state index is 0.210. The molecule has 0 radical (unpaired) electrons. The van der Waals surface area contributed by atoms with E-state index in [1.807, 2.05) is 0 Å². The molecule has 0 fully saturated rings. The van der Waals surface area contributed by atoms with Gasteiger partial charge in [0.15, 0.2) is 0 Å². The summed E-state index contributed by atoms with van der Waals surface area (Å²) in [5.74, 6) is 0.560. The summed E-state index contributed by atoms with van der Waals surface area (Å²) in [5, 5.41) is 2.67. The van der Waals surface area contributed by atoms with Crippen molar-refractivity contribution in [2.75, 3.05) is 0 Å². The van der Waals surface area contributed by atoms with Crippen LogP contribution in [0.25, 0.3) is 21.9 Å². The van der Waals surface area contributed by atoms with Gasteiger partial charge in [-0.05, 0) is 13.8 Å². The SMILES string of the molecule is CC1=[C-]C(C)C(C)=C1C.C[Si](C)=[Zr+2].Cc1ccc(-c2c[cH-]c3ccccc23)c(C)c1. The van der Waals surface area contributed by atoms with Gasteiger partial charge in [0.25, 0.3) is 0 Å². The molecule has 1 unspecified atom stereocenters. The first-order chi connectivity index (χ1) is 14.1. The van der Waals surface area contributed by atoms with Gasteiger partial charge in [-0.3, -0.25) is 6.08 Å². The summed E-state index contributed by atoms with van der Waals surface area (Å²) in [7, 11) is 0. The molecule has 0 nitrogen and oxygen atoms in total. The fourth-order valence-electron chi connectivity index (χ4n) is 3.66. The Morgan fingerprint density at radius 1 is 0.933 bits per heavy atom. The minimum Gasteiger partial charge on any atom is -0.150 e. The Hall–Kier alpha value is -1.37. The number of fused-ring (bicyclic) bond motifs is 1. The maximum absolute atomic E-state index is 3.36. The van der Waals surface area contributed by atoms with Crippen molar-refractivity contribution in [2.24, 2.45) is 5.92 Å². The Balaban J connectivity index is 0.000000207. The zero-order chi connectivity index (χ0) is 22.4. The number of rotatable bonds is 1. The molecule has 0 saturated carbocycles. The molecule has 0 spiro atoms. The molecule has 1 aliphatic carbocycles. The van der Waals surface area contributed by atoms with Gasteiger partial charge in [0.05, 0.1) is 0 Å². The van der Waals surface area contributed by atoms with Crippen LogP contribution in [0.3, 0.4) is 0 Å². The van der Waals surface area contributed by atoms with Crippen molar-refractivity contribution >= 4 is 16.2 Å². The molecule has 30 heavy (non-hydrogen) atoms. The predicted octanol–water partition coefficient (Wildman–Crippen LogP) is 8.35. The maximum atomic E-state index is 3.36. The van der Waals surface area contributed by atoms with Crippen LogP contribution in [0.1, 0.15) is 38.8 Å². The van der Waals surface area contributed by atoms with Gasteiger partial charge >= 0.3 is 41.9 Å². The minimum atomic E-state index is 0.210. The van der Waals surface area contributed by atoms with Crippen LogP contribution >= 0.6 is 0 Å². The summed E-state index contributed by atoms with van der Waals surface area (Å²) in [6.45, 7) is 17.6. The molecule has 0 aromatic heterocycles. The molecule has 2 heteroatoms. The van der Waals surface area contributed by atoms with E-state index >= 15 is 0 Å². The molecular weight excluding hydrogens is 456 g/mol. The molecule has 0 aliphatic heterocycles. The topological polar surface area (TPSA) is 0 Å². The van der Waals surface area contributed by atoms with E-state index in [1.54, 1.807) is 23.3 Å². The number of allylic oxidation sites excluding steroid dienone is 4. The fraction of sp³-hybridized carbons (Fsp3) is 0.321.